The monoisotopic (exact) mass is 435 g/mol. The molecule has 1 amide bonds. The highest BCUT2D eigenvalue weighted by atomic mass is 79.9. The third-order valence-corrected chi connectivity index (χ3v) is 5.52. The Labute approximate surface area is 161 Å². The van der Waals surface area contributed by atoms with E-state index in [0.717, 1.165) is 0 Å². The first-order chi connectivity index (χ1) is 12.3. The number of ether oxygens (including phenoxy) is 1. The lowest BCUT2D eigenvalue weighted by Gasteiger charge is -2.06. The van der Waals surface area contributed by atoms with Crippen LogP contribution in [0.3, 0.4) is 0 Å². The van der Waals surface area contributed by atoms with E-state index in [1.165, 1.54) is 18.4 Å². The predicted octanol–water partition coefficient (Wildman–Crippen LogP) is 4.32. The molecular formula is C19H18BrNO4S. The van der Waals surface area contributed by atoms with Gasteiger partial charge in [-0.05, 0) is 42.8 Å². The van der Waals surface area contributed by atoms with Crippen LogP contribution in [-0.4, -0.2) is 28.9 Å². The van der Waals surface area contributed by atoms with E-state index in [1.807, 2.05) is 0 Å². The highest BCUT2D eigenvalue weighted by molar-refractivity contribution is 9.10. The van der Waals surface area contributed by atoms with E-state index >= 15 is 0 Å². The molecule has 1 unspecified atom stereocenters. The van der Waals surface area contributed by atoms with Crippen LogP contribution in [0.5, 0.6) is 0 Å². The quantitative estimate of drug-likeness (QED) is 0.517. The Kier molecular flexibility index (Phi) is 6.88. The van der Waals surface area contributed by atoms with Crippen LogP contribution < -0.4 is 0 Å². The van der Waals surface area contributed by atoms with Crippen LogP contribution in [-0.2, 0) is 19.3 Å². The minimum Gasteiger partial charge on any atom is -0.463 e. The summed E-state index contributed by atoms with van der Waals surface area (Å²) in [5, 5.41) is 0. The maximum absolute atomic E-state index is 12.8. The smallest absolute Gasteiger partial charge is 0.330 e. The standard InChI is InChI=1S/C19H18BrNO4S/c1-3-25-18(22)12-10-14-9-11-15(20)13-17(14)19(23)21-26(2,24)16-7-5-4-6-8-16/h4-13H,3H2,1-2H3/b12-10+. The summed E-state index contributed by atoms with van der Waals surface area (Å²) in [6.07, 6.45) is 4.14. The fourth-order valence-electron chi connectivity index (χ4n) is 2.14. The number of halogens is 1. The predicted molar refractivity (Wildman–Crippen MR) is 105 cm³/mol. The number of amides is 1. The first kappa shape index (κ1) is 20.1. The zero-order valence-corrected chi connectivity index (χ0v) is 16.7. The minimum absolute atomic E-state index is 0.241. The molecule has 0 saturated carbocycles. The largest absolute Gasteiger partial charge is 0.463 e. The van der Waals surface area contributed by atoms with Crippen molar-refractivity contribution in [2.45, 2.75) is 11.8 Å². The van der Waals surface area contributed by atoms with Crippen molar-refractivity contribution in [1.82, 2.24) is 0 Å². The van der Waals surface area contributed by atoms with Gasteiger partial charge in [0.05, 0.1) is 21.9 Å². The molecule has 0 bridgehead atoms. The Morgan fingerprint density at radius 3 is 2.54 bits per heavy atom. The van der Waals surface area contributed by atoms with Gasteiger partial charge in [0.2, 0.25) is 0 Å². The normalized spacial score (nSPS) is 13.2. The van der Waals surface area contributed by atoms with E-state index in [2.05, 4.69) is 20.3 Å². The lowest BCUT2D eigenvalue weighted by molar-refractivity contribution is -0.137. The van der Waals surface area contributed by atoms with Crippen molar-refractivity contribution in [1.29, 1.82) is 0 Å². The molecule has 0 radical (unpaired) electrons. The third kappa shape index (κ3) is 5.37. The summed E-state index contributed by atoms with van der Waals surface area (Å²) in [4.78, 5) is 24.6. The molecule has 136 valence electrons. The van der Waals surface area contributed by atoms with Gasteiger partial charge in [-0.2, -0.15) is 4.36 Å². The van der Waals surface area contributed by atoms with Crippen LogP contribution in [0.1, 0.15) is 22.8 Å². The maximum atomic E-state index is 12.8. The van der Waals surface area contributed by atoms with Gasteiger partial charge in [-0.25, -0.2) is 9.00 Å². The fraction of sp³-hybridized carbons (Fsp3) is 0.158. The topological polar surface area (TPSA) is 72.8 Å². The number of benzene rings is 2. The van der Waals surface area contributed by atoms with Crippen LogP contribution in [0.15, 0.2) is 68.3 Å². The number of nitrogens with zero attached hydrogens (tertiary/aromatic N) is 1. The van der Waals surface area contributed by atoms with Crippen molar-refractivity contribution >= 4 is 43.6 Å². The molecule has 0 spiro atoms. The van der Waals surface area contributed by atoms with Crippen molar-refractivity contribution < 1.29 is 18.5 Å². The van der Waals surface area contributed by atoms with Crippen LogP contribution in [0.25, 0.3) is 6.08 Å². The van der Waals surface area contributed by atoms with Crippen LogP contribution in [0, 0.1) is 0 Å². The van der Waals surface area contributed by atoms with E-state index in [4.69, 9.17) is 4.74 Å². The Bertz CT molecular complexity index is 961. The molecule has 1 atom stereocenters. The van der Waals surface area contributed by atoms with Gasteiger partial charge in [-0.1, -0.05) is 40.2 Å². The molecule has 0 N–H and O–H groups in total. The lowest BCUT2D eigenvalue weighted by atomic mass is 10.1. The molecule has 2 aromatic rings. The molecular weight excluding hydrogens is 418 g/mol. The number of hydrogen-bond acceptors (Lipinski definition) is 4. The van der Waals surface area contributed by atoms with Gasteiger partial charge in [-0.15, -0.1) is 0 Å². The Balaban J connectivity index is 2.43. The molecule has 0 aliphatic carbocycles. The van der Waals surface area contributed by atoms with Gasteiger partial charge in [0.15, 0.2) is 0 Å². The van der Waals surface area contributed by atoms with Crippen molar-refractivity contribution in [3.63, 3.8) is 0 Å². The Morgan fingerprint density at radius 1 is 1.19 bits per heavy atom. The highest BCUT2D eigenvalue weighted by Gasteiger charge is 2.14. The first-order valence-electron chi connectivity index (χ1n) is 7.79. The number of rotatable bonds is 5. The summed E-state index contributed by atoms with van der Waals surface area (Å²) in [6, 6.07) is 13.6. The van der Waals surface area contributed by atoms with Crippen molar-refractivity contribution in [3.05, 3.63) is 70.2 Å². The van der Waals surface area contributed by atoms with Crippen molar-refractivity contribution in [3.8, 4) is 0 Å². The zero-order chi connectivity index (χ0) is 19.2. The highest BCUT2D eigenvalue weighted by Crippen LogP contribution is 2.21. The average Bonchev–Trinajstić information content (AvgIpc) is 2.61. The molecule has 7 heteroatoms. The minimum atomic E-state index is -2.88. The summed E-state index contributed by atoms with van der Waals surface area (Å²) in [7, 11) is -2.88. The SMILES string of the molecule is CCOC(=O)/C=C/c1ccc(Br)cc1C(=O)N=S(C)(=O)c1ccccc1. The molecule has 5 nitrogen and oxygen atoms in total. The Hall–Kier alpha value is -2.25. The summed E-state index contributed by atoms with van der Waals surface area (Å²) in [5.74, 6) is -1.12. The molecule has 26 heavy (non-hydrogen) atoms. The molecule has 0 saturated heterocycles. The summed E-state index contributed by atoms with van der Waals surface area (Å²) in [5.41, 5.74) is 0.726. The lowest BCUT2D eigenvalue weighted by Crippen LogP contribution is -2.05. The van der Waals surface area contributed by atoms with Gasteiger partial charge in [0.25, 0.3) is 5.91 Å². The fourth-order valence-corrected chi connectivity index (χ4v) is 3.68. The number of carbonyl (C=O) groups is 2. The van der Waals surface area contributed by atoms with Crippen LogP contribution >= 0.6 is 15.9 Å². The van der Waals surface area contributed by atoms with Gasteiger partial charge >= 0.3 is 5.97 Å². The number of esters is 1. The number of carbonyl (C=O) groups excluding carboxylic acids is 2. The molecule has 0 aliphatic heterocycles. The third-order valence-electron chi connectivity index (χ3n) is 3.37. The van der Waals surface area contributed by atoms with E-state index in [-0.39, 0.29) is 12.2 Å². The molecule has 0 aliphatic rings. The second-order valence-electron chi connectivity index (χ2n) is 5.33. The summed E-state index contributed by atoms with van der Waals surface area (Å²) < 4.78 is 22.3. The van der Waals surface area contributed by atoms with Crippen LogP contribution in [0.2, 0.25) is 0 Å². The second-order valence-corrected chi connectivity index (χ2v) is 8.50. The van der Waals surface area contributed by atoms with Crippen LogP contribution in [0.4, 0.5) is 0 Å². The maximum Gasteiger partial charge on any atom is 0.330 e. The second kappa shape index (κ2) is 8.91. The van der Waals surface area contributed by atoms with E-state index in [0.29, 0.717) is 14.9 Å². The van der Waals surface area contributed by atoms with Gasteiger partial charge in [-0.3, -0.25) is 4.79 Å². The average molecular weight is 436 g/mol. The summed E-state index contributed by atoms with van der Waals surface area (Å²) >= 11 is 3.31. The number of hydrogen-bond donors (Lipinski definition) is 0. The first-order valence-corrected chi connectivity index (χ1v) is 10.5. The summed E-state index contributed by atoms with van der Waals surface area (Å²) in [6.45, 7) is 1.97. The van der Waals surface area contributed by atoms with Gasteiger partial charge in [0.1, 0.15) is 0 Å². The molecule has 2 aromatic carbocycles. The Morgan fingerprint density at radius 2 is 1.88 bits per heavy atom. The zero-order valence-electron chi connectivity index (χ0n) is 14.3. The molecule has 0 fully saturated rings. The molecule has 0 aromatic heterocycles. The van der Waals surface area contributed by atoms with Crippen molar-refractivity contribution in [2.75, 3.05) is 12.9 Å². The molecule has 2 rings (SSSR count). The molecule has 0 heterocycles. The van der Waals surface area contributed by atoms with Crippen molar-refractivity contribution in [2.24, 2.45) is 4.36 Å². The van der Waals surface area contributed by atoms with E-state index in [9.17, 15) is 13.8 Å². The van der Waals surface area contributed by atoms with E-state index < -0.39 is 21.6 Å². The van der Waals surface area contributed by atoms with Gasteiger partial charge in [0, 0.05) is 21.7 Å². The van der Waals surface area contributed by atoms with E-state index in [1.54, 1.807) is 55.5 Å². The van der Waals surface area contributed by atoms with Gasteiger partial charge < -0.3 is 4.74 Å².